The van der Waals surface area contributed by atoms with Crippen LogP contribution in [-0.4, -0.2) is 24.5 Å². The van der Waals surface area contributed by atoms with Crippen LogP contribution < -0.4 is 14.8 Å². The maximum absolute atomic E-state index is 11.9. The summed E-state index contributed by atoms with van der Waals surface area (Å²) in [5.41, 5.74) is 2.29. The first-order chi connectivity index (χ1) is 13.1. The Morgan fingerprint density at radius 3 is 2.67 bits per heavy atom. The Hall–Kier alpha value is -2.57. The largest absolute Gasteiger partial charge is 0.493 e. The van der Waals surface area contributed by atoms with Crippen molar-refractivity contribution in [2.45, 2.75) is 13.5 Å². The van der Waals surface area contributed by atoms with Gasteiger partial charge >= 0.3 is 0 Å². The fraction of sp³-hybridized carbons (Fsp3) is 0.200. The van der Waals surface area contributed by atoms with Gasteiger partial charge in [0.25, 0.3) is 5.91 Å². The van der Waals surface area contributed by atoms with Crippen LogP contribution in [0.5, 0.6) is 11.5 Å². The molecule has 0 aliphatic carbocycles. The molecule has 140 valence electrons. The molecule has 0 saturated heterocycles. The van der Waals surface area contributed by atoms with Crippen molar-refractivity contribution in [2.75, 3.05) is 13.7 Å². The average molecular weight is 403 g/mol. The summed E-state index contributed by atoms with van der Waals surface area (Å²) in [5.74, 6) is 1.07. The van der Waals surface area contributed by atoms with E-state index in [9.17, 15) is 4.79 Å². The second-order valence-corrected chi connectivity index (χ2v) is 6.97. The number of methoxy groups -OCH3 is 1. The van der Waals surface area contributed by atoms with E-state index in [4.69, 9.17) is 21.1 Å². The number of benzene rings is 2. The second-order valence-electron chi connectivity index (χ2n) is 5.68. The maximum Gasteiger partial charge on any atom is 0.270 e. The third kappa shape index (κ3) is 4.78. The standard InChI is InChI=1S/C20H19ClN2O3S/c1-3-22-19(24)16-12-27-20(23-16)14-6-9-17(18(10-14)25-2)26-11-13-4-7-15(21)8-5-13/h4-10,12H,3,11H2,1-2H3,(H,22,24). The van der Waals surface area contributed by atoms with Crippen molar-refractivity contribution in [1.82, 2.24) is 10.3 Å². The van der Waals surface area contributed by atoms with E-state index in [2.05, 4.69) is 10.3 Å². The minimum Gasteiger partial charge on any atom is -0.493 e. The van der Waals surface area contributed by atoms with E-state index in [1.807, 2.05) is 49.4 Å². The third-order valence-corrected chi connectivity index (χ3v) is 4.94. The minimum absolute atomic E-state index is 0.171. The van der Waals surface area contributed by atoms with Gasteiger partial charge in [0.1, 0.15) is 17.3 Å². The van der Waals surface area contributed by atoms with Gasteiger partial charge in [-0.1, -0.05) is 23.7 Å². The highest BCUT2D eigenvalue weighted by molar-refractivity contribution is 7.13. The first-order valence-corrected chi connectivity index (χ1v) is 9.66. The molecule has 3 rings (SSSR count). The van der Waals surface area contributed by atoms with Crippen LogP contribution in [0.2, 0.25) is 5.02 Å². The van der Waals surface area contributed by atoms with E-state index in [0.717, 1.165) is 16.1 Å². The first-order valence-electron chi connectivity index (χ1n) is 8.40. The molecule has 0 fully saturated rings. The highest BCUT2D eigenvalue weighted by atomic mass is 35.5. The zero-order valence-electron chi connectivity index (χ0n) is 15.0. The Labute approximate surface area is 166 Å². The molecule has 0 atom stereocenters. The fourth-order valence-electron chi connectivity index (χ4n) is 2.42. The number of thiazole rings is 1. The molecule has 0 saturated carbocycles. The van der Waals surface area contributed by atoms with Crippen molar-refractivity contribution < 1.29 is 14.3 Å². The maximum atomic E-state index is 11.9. The number of nitrogens with zero attached hydrogens (tertiary/aromatic N) is 1. The van der Waals surface area contributed by atoms with Gasteiger partial charge in [0.15, 0.2) is 11.5 Å². The molecule has 0 bridgehead atoms. The van der Waals surface area contributed by atoms with Gasteiger partial charge in [-0.05, 0) is 42.8 Å². The van der Waals surface area contributed by atoms with E-state index in [1.165, 1.54) is 11.3 Å². The lowest BCUT2D eigenvalue weighted by molar-refractivity contribution is 0.0951. The van der Waals surface area contributed by atoms with Gasteiger partial charge < -0.3 is 14.8 Å². The summed E-state index contributed by atoms with van der Waals surface area (Å²) in [6.07, 6.45) is 0. The van der Waals surface area contributed by atoms with Crippen molar-refractivity contribution in [3.05, 3.63) is 64.1 Å². The van der Waals surface area contributed by atoms with Gasteiger partial charge in [0.2, 0.25) is 0 Å². The van der Waals surface area contributed by atoms with Crippen LogP contribution >= 0.6 is 22.9 Å². The van der Waals surface area contributed by atoms with E-state index >= 15 is 0 Å². The number of carbonyl (C=O) groups is 1. The molecule has 1 heterocycles. The first kappa shape index (κ1) is 19.2. The van der Waals surface area contributed by atoms with Crippen molar-refractivity contribution in [1.29, 1.82) is 0 Å². The molecule has 1 aromatic heterocycles. The zero-order valence-corrected chi connectivity index (χ0v) is 16.6. The van der Waals surface area contributed by atoms with Crippen LogP contribution in [0.4, 0.5) is 0 Å². The van der Waals surface area contributed by atoms with Gasteiger partial charge in [0.05, 0.1) is 7.11 Å². The molecular formula is C20H19ClN2O3S. The number of halogens is 1. The lowest BCUT2D eigenvalue weighted by Crippen LogP contribution is -2.22. The summed E-state index contributed by atoms with van der Waals surface area (Å²) in [6, 6.07) is 13.1. The van der Waals surface area contributed by atoms with Crippen LogP contribution in [-0.2, 0) is 6.61 Å². The molecule has 0 unspecified atom stereocenters. The van der Waals surface area contributed by atoms with Gasteiger partial charge in [-0.3, -0.25) is 4.79 Å². The highest BCUT2D eigenvalue weighted by Gasteiger charge is 2.13. The monoisotopic (exact) mass is 402 g/mol. The normalized spacial score (nSPS) is 10.5. The number of nitrogens with one attached hydrogen (secondary N) is 1. The summed E-state index contributed by atoms with van der Waals surface area (Å²) >= 11 is 7.31. The molecular weight excluding hydrogens is 384 g/mol. The Kier molecular flexibility index (Phi) is 6.32. The second kappa shape index (κ2) is 8.88. The van der Waals surface area contributed by atoms with Crippen LogP contribution in [0.25, 0.3) is 10.6 Å². The summed E-state index contributed by atoms with van der Waals surface area (Å²) in [5, 5.41) is 5.93. The van der Waals surface area contributed by atoms with Gasteiger partial charge in [-0.2, -0.15) is 0 Å². The van der Waals surface area contributed by atoms with E-state index in [0.29, 0.717) is 35.4 Å². The molecule has 0 spiro atoms. The smallest absolute Gasteiger partial charge is 0.270 e. The van der Waals surface area contributed by atoms with Gasteiger partial charge in [0, 0.05) is 22.5 Å². The molecule has 0 aliphatic heterocycles. The Morgan fingerprint density at radius 2 is 1.96 bits per heavy atom. The number of amides is 1. The quantitative estimate of drug-likeness (QED) is 0.616. The topological polar surface area (TPSA) is 60.5 Å². The summed E-state index contributed by atoms with van der Waals surface area (Å²) in [7, 11) is 1.59. The molecule has 27 heavy (non-hydrogen) atoms. The van der Waals surface area contributed by atoms with Crippen LogP contribution in [0, 0.1) is 0 Å². The SMILES string of the molecule is CCNC(=O)c1csc(-c2ccc(OCc3ccc(Cl)cc3)c(OC)c2)n1. The molecule has 3 aromatic rings. The number of ether oxygens (including phenoxy) is 2. The van der Waals surface area contributed by atoms with E-state index in [-0.39, 0.29) is 5.91 Å². The molecule has 1 amide bonds. The molecule has 7 heteroatoms. The summed E-state index contributed by atoms with van der Waals surface area (Å²) in [6.45, 7) is 2.85. The van der Waals surface area contributed by atoms with Gasteiger partial charge in [-0.25, -0.2) is 4.98 Å². The zero-order chi connectivity index (χ0) is 19.2. The van der Waals surface area contributed by atoms with Gasteiger partial charge in [-0.15, -0.1) is 11.3 Å². The lowest BCUT2D eigenvalue weighted by Gasteiger charge is -2.12. The predicted octanol–water partition coefficient (Wildman–Crippen LogP) is 4.80. The van der Waals surface area contributed by atoms with E-state index in [1.54, 1.807) is 12.5 Å². The Bertz CT molecular complexity index is 925. The molecule has 0 radical (unpaired) electrons. The molecule has 1 N–H and O–H groups in total. The molecule has 0 aliphatic rings. The number of hydrogen-bond donors (Lipinski definition) is 1. The van der Waals surface area contributed by atoms with Crippen molar-refractivity contribution in [3.8, 4) is 22.1 Å². The van der Waals surface area contributed by atoms with Crippen LogP contribution in [0.1, 0.15) is 23.0 Å². The minimum atomic E-state index is -0.171. The summed E-state index contributed by atoms with van der Waals surface area (Å²) < 4.78 is 11.3. The Balaban J connectivity index is 1.75. The summed E-state index contributed by atoms with van der Waals surface area (Å²) in [4.78, 5) is 16.3. The van der Waals surface area contributed by atoms with Crippen molar-refractivity contribution >= 4 is 28.8 Å². The predicted molar refractivity (Wildman–Crippen MR) is 108 cm³/mol. The molecule has 2 aromatic carbocycles. The van der Waals surface area contributed by atoms with Crippen molar-refractivity contribution in [3.63, 3.8) is 0 Å². The number of aromatic nitrogens is 1. The average Bonchev–Trinajstić information content (AvgIpc) is 3.18. The lowest BCUT2D eigenvalue weighted by atomic mass is 10.2. The number of carbonyl (C=O) groups excluding carboxylic acids is 1. The Morgan fingerprint density at radius 1 is 1.19 bits per heavy atom. The van der Waals surface area contributed by atoms with Crippen LogP contribution in [0.3, 0.4) is 0 Å². The van der Waals surface area contributed by atoms with Crippen molar-refractivity contribution in [2.24, 2.45) is 0 Å². The third-order valence-electron chi connectivity index (χ3n) is 3.79. The highest BCUT2D eigenvalue weighted by Crippen LogP contribution is 2.34. The van der Waals surface area contributed by atoms with Crippen LogP contribution in [0.15, 0.2) is 47.8 Å². The fourth-order valence-corrected chi connectivity index (χ4v) is 3.35. The number of rotatable bonds is 7. The number of hydrogen-bond acceptors (Lipinski definition) is 5. The molecule has 5 nitrogen and oxygen atoms in total. The van der Waals surface area contributed by atoms with E-state index < -0.39 is 0 Å².